The maximum atomic E-state index is 15.5. The molecular formula is C11H16F4N3O13P3. The summed E-state index contributed by atoms with van der Waals surface area (Å²) in [7, 11) is -17.8. The van der Waals surface area contributed by atoms with Gasteiger partial charge in [-0.2, -0.15) is 26.8 Å². The van der Waals surface area contributed by atoms with Gasteiger partial charge in [-0.15, -0.1) is 0 Å². The molecule has 16 nitrogen and oxygen atoms in total. The van der Waals surface area contributed by atoms with Crippen molar-refractivity contribution in [2.75, 3.05) is 18.9 Å². The molecule has 0 bridgehead atoms. The molecule has 2 unspecified atom stereocenters. The molecule has 1 aliphatic rings. The summed E-state index contributed by atoms with van der Waals surface area (Å²) in [4.78, 5) is 50.6. The van der Waals surface area contributed by atoms with Gasteiger partial charge in [-0.05, 0) is 6.07 Å². The number of nitrogens with two attached hydrogens (primary N) is 1. The molecule has 1 aliphatic heterocycles. The Morgan fingerprint density at radius 2 is 1.79 bits per heavy atom. The third-order valence-electron chi connectivity index (χ3n) is 4.09. The minimum atomic E-state index is -6.03. The second kappa shape index (κ2) is 9.31. The zero-order valence-electron chi connectivity index (χ0n) is 16.2. The summed E-state index contributed by atoms with van der Waals surface area (Å²) in [5.74, 6) is -3.82. The second-order valence-electron chi connectivity index (χ2n) is 6.74. The van der Waals surface area contributed by atoms with E-state index in [0.717, 1.165) is 6.07 Å². The number of aliphatic hydroxyl groups excluding tert-OH is 1. The molecule has 0 radical (unpaired) electrons. The number of phosphoric ester groups is 1. The van der Waals surface area contributed by atoms with Crippen LogP contribution in [0.15, 0.2) is 17.1 Å². The molecule has 0 aromatic carbocycles. The van der Waals surface area contributed by atoms with Gasteiger partial charge in [0.1, 0.15) is 24.1 Å². The number of rotatable bonds is 9. The van der Waals surface area contributed by atoms with Gasteiger partial charge in [0, 0.05) is 6.20 Å². The van der Waals surface area contributed by atoms with E-state index in [1.54, 1.807) is 0 Å². The molecule has 34 heavy (non-hydrogen) atoms. The number of phosphoric acid groups is 3. The minimum Gasteiger partial charge on any atom is -0.384 e. The number of hydrogen-bond donors (Lipinski definition) is 6. The van der Waals surface area contributed by atoms with Crippen LogP contribution >= 0.6 is 23.5 Å². The van der Waals surface area contributed by atoms with Crippen molar-refractivity contribution in [1.29, 1.82) is 0 Å². The molecule has 0 saturated carbocycles. The average Bonchev–Trinajstić information content (AvgIpc) is 2.82. The zero-order valence-corrected chi connectivity index (χ0v) is 18.9. The quantitative estimate of drug-likeness (QED) is 0.168. The molecule has 5 atom stereocenters. The van der Waals surface area contributed by atoms with Crippen molar-refractivity contribution in [3.63, 3.8) is 0 Å². The van der Waals surface area contributed by atoms with Crippen LogP contribution < -0.4 is 11.4 Å². The Balaban J connectivity index is 2.36. The van der Waals surface area contributed by atoms with E-state index in [2.05, 4.69) is 18.1 Å². The third kappa shape index (κ3) is 7.13. The van der Waals surface area contributed by atoms with Gasteiger partial charge in [-0.1, -0.05) is 0 Å². The van der Waals surface area contributed by atoms with Gasteiger partial charge in [0.25, 0.3) is 0 Å². The van der Waals surface area contributed by atoms with Gasteiger partial charge in [0.05, 0.1) is 13.0 Å². The van der Waals surface area contributed by atoms with Crippen LogP contribution in [0.4, 0.5) is 23.4 Å². The molecule has 23 heteroatoms. The molecule has 1 aromatic rings. The predicted molar refractivity (Wildman–Crippen MR) is 97.2 cm³/mol. The fourth-order valence-electron chi connectivity index (χ4n) is 2.86. The zero-order chi connectivity index (χ0) is 26.4. The number of nitrogen functional groups attached to an aromatic ring is 1. The lowest BCUT2D eigenvalue weighted by atomic mass is 9.90. The van der Waals surface area contributed by atoms with E-state index in [0.29, 0.717) is 6.20 Å². The number of alkyl halides is 4. The Kier molecular flexibility index (Phi) is 7.93. The van der Waals surface area contributed by atoms with Crippen molar-refractivity contribution in [3.05, 3.63) is 22.7 Å². The first-order valence-electron chi connectivity index (χ1n) is 8.32. The SMILES string of the molecule is Nc1ccn([C@@]2(F)CO[C@@](COP(=O)(O)OP(=O)(O)OP(=O)(O)O)(CC(F)(F)F)[C@H]2O)c(=O)n1. The average molecular weight is 567 g/mol. The van der Waals surface area contributed by atoms with Gasteiger partial charge in [-0.3, -0.25) is 9.09 Å². The number of ether oxygens (including phenoxy) is 1. The topological polar surface area (TPSA) is 250 Å². The van der Waals surface area contributed by atoms with Crippen LogP contribution in [0.5, 0.6) is 0 Å². The summed E-state index contributed by atoms with van der Waals surface area (Å²) >= 11 is 0. The maximum absolute atomic E-state index is 15.5. The van der Waals surface area contributed by atoms with E-state index < -0.39 is 78.3 Å². The molecular weight excluding hydrogens is 551 g/mol. The van der Waals surface area contributed by atoms with Crippen LogP contribution in [0.1, 0.15) is 6.42 Å². The molecule has 1 fully saturated rings. The second-order valence-corrected chi connectivity index (χ2v) is 11.2. The fourth-order valence-corrected chi connectivity index (χ4v) is 5.94. The van der Waals surface area contributed by atoms with E-state index in [4.69, 9.17) is 25.2 Å². The fraction of sp³-hybridized carbons (Fsp3) is 0.636. The maximum Gasteiger partial charge on any atom is 0.490 e. The molecule has 0 spiro atoms. The van der Waals surface area contributed by atoms with Crippen molar-refractivity contribution in [2.45, 2.75) is 30.1 Å². The normalized spacial score (nSPS) is 29.5. The Morgan fingerprint density at radius 3 is 2.29 bits per heavy atom. The lowest BCUT2D eigenvalue weighted by molar-refractivity contribution is -0.205. The summed E-state index contributed by atoms with van der Waals surface area (Å²) in [6.45, 7) is -3.28. The summed E-state index contributed by atoms with van der Waals surface area (Å²) < 4.78 is 105. The Hall–Kier alpha value is -1.27. The minimum absolute atomic E-state index is 0.0526. The van der Waals surface area contributed by atoms with E-state index in [9.17, 15) is 41.7 Å². The number of anilines is 1. The van der Waals surface area contributed by atoms with Crippen LogP contribution in [0.2, 0.25) is 0 Å². The lowest BCUT2D eigenvalue weighted by Gasteiger charge is -2.34. The van der Waals surface area contributed by atoms with Crippen molar-refractivity contribution in [1.82, 2.24) is 9.55 Å². The van der Waals surface area contributed by atoms with Gasteiger partial charge >= 0.3 is 35.3 Å². The molecule has 196 valence electrons. The molecule has 0 amide bonds. The summed E-state index contributed by atoms with van der Waals surface area (Å²) in [6, 6.07) is 0.866. The molecule has 0 aliphatic carbocycles. The molecule has 1 saturated heterocycles. The Bertz CT molecular complexity index is 1130. The Labute approximate surface area is 185 Å². The van der Waals surface area contributed by atoms with Crippen LogP contribution in [-0.4, -0.2) is 65.3 Å². The number of aromatic nitrogens is 2. The third-order valence-corrected chi connectivity index (χ3v) is 7.88. The first kappa shape index (κ1) is 29.0. The Morgan fingerprint density at radius 1 is 1.21 bits per heavy atom. The summed E-state index contributed by atoms with van der Waals surface area (Å²) in [5, 5.41) is 10.4. The van der Waals surface area contributed by atoms with Gasteiger partial charge in [-0.25, -0.2) is 22.9 Å². The van der Waals surface area contributed by atoms with E-state index in [1.807, 2.05) is 0 Å². The summed E-state index contributed by atoms with van der Waals surface area (Å²) in [6.07, 6.45) is -9.77. The smallest absolute Gasteiger partial charge is 0.384 e. The number of aliphatic hydroxyl groups is 1. The monoisotopic (exact) mass is 567 g/mol. The van der Waals surface area contributed by atoms with Gasteiger partial charge in [0.15, 0.2) is 0 Å². The van der Waals surface area contributed by atoms with E-state index in [1.165, 1.54) is 0 Å². The highest BCUT2D eigenvalue weighted by Gasteiger charge is 2.64. The number of halogens is 4. The largest absolute Gasteiger partial charge is 0.490 e. The van der Waals surface area contributed by atoms with E-state index in [-0.39, 0.29) is 4.57 Å². The molecule has 2 rings (SSSR count). The standard InChI is InChI=1S/C11H16F4N3O13P3/c12-10(18-2-1-6(16)17-8(18)20)5-28-9(7(10)19,3-11(13,14)15)4-29-33(24,25)31-34(26,27)30-32(21,22)23/h1-2,7,19H,3-5H2,(H,24,25)(H,26,27)(H2,16,17,20)(H2,21,22,23)/t7-,9-,10+/m1/s1. The molecule has 1 aromatic heterocycles. The highest BCUT2D eigenvalue weighted by molar-refractivity contribution is 7.66. The molecule has 7 N–H and O–H groups in total. The van der Waals surface area contributed by atoms with Crippen LogP contribution in [0.3, 0.4) is 0 Å². The van der Waals surface area contributed by atoms with Crippen LogP contribution in [0.25, 0.3) is 0 Å². The van der Waals surface area contributed by atoms with Crippen LogP contribution in [-0.2, 0) is 37.4 Å². The van der Waals surface area contributed by atoms with Crippen molar-refractivity contribution in [2.24, 2.45) is 0 Å². The highest BCUT2D eigenvalue weighted by Crippen LogP contribution is 2.66. The molecule has 2 heterocycles. The highest BCUT2D eigenvalue weighted by atomic mass is 31.3. The van der Waals surface area contributed by atoms with E-state index >= 15 is 4.39 Å². The number of nitrogens with zero attached hydrogens (tertiary/aromatic N) is 2. The van der Waals surface area contributed by atoms with Crippen LogP contribution in [0, 0.1) is 0 Å². The van der Waals surface area contributed by atoms with Crippen molar-refractivity contribution >= 4 is 29.3 Å². The first-order valence-corrected chi connectivity index (χ1v) is 12.8. The van der Waals surface area contributed by atoms with Gasteiger partial charge < -0.3 is 35.2 Å². The van der Waals surface area contributed by atoms with Crippen molar-refractivity contribution < 1.29 is 73.8 Å². The van der Waals surface area contributed by atoms with Crippen molar-refractivity contribution in [3.8, 4) is 0 Å². The lowest BCUT2D eigenvalue weighted by Crippen LogP contribution is -2.55. The number of hydrogen-bond acceptors (Lipinski definition) is 11. The summed E-state index contributed by atoms with van der Waals surface area (Å²) in [5.41, 5.74) is 0.560. The first-order chi connectivity index (χ1) is 15.1. The predicted octanol–water partition coefficient (Wildman–Crippen LogP) is -0.127. The van der Waals surface area contributed by atoms with Gasteiger partial charge in [0.2, 0.25) is 5.79 Å².